The van der Waals surface area contributed by atoms with E-state index in [0.29, 0.717) is 24.2 Å². The van der Waals surface area contributed by atoms with Crippen molar-refractivity contribution in [2.24, 2.45) is 0 Å². The van der Waals surface area contributed by atoms with Gasteiger partial charge in [0.25, 0.3) is 5.56 Å². The van der Waals surface area contributed by atoms with Crippen molar-refractivity contribution in [3.8, 4) is 11.4 Å². The monoisotopic (exact) mass is 368 g/mol. The smallest absolute Gasteiger partial charge is 0.303 e. The van der Waals surface area contributed by atoms with E-state index in [1.165, 1.54) is 0 Å². The molecule has 0 spiro atoms. The molecule has 0 amide bonds. The molecule has 0 radical (unpaired) electrons. The first kappa shape index (κ1) is 18.8. The van der Waals surface area contributed by atoms with E-state index in [4.69, 9.17) is 5.11 Å². The molecule has 0 atom stereocenters. The molecule has 3 rings (SSSR count). The average molecular weight is 368 g/mol. The Balaban J connectivity index is 2.06. The summed E-state index contributed by atoms with van der Waals surface area (Å²) < 4.78 is 1.67. The quantitative estimate of drug-likeness (QED) is 0.636. The number of hydrogen-bond acceptors (Lipinski definition) is 4. The molecule has 7 nitrogen and oxygen atoms in total. The number of benzene rings is 1. The lowest BCUT2D eigenvalue weighted by molar-refractivity contribution is -0.136. The van der Waals surface area contributed by atoms with Crippen molar-refractivity contribution < 1.29 is 9.90 Å². The van der Waals surface area contributed by atoms with Gasteiger partial charge in [-0.3, -0.25) is 9.59 Å². The normalized spacial score (nSPS) is 11.2. The summed E-state index contributed by atoms with van der Waals surface area (Å²) in [5.41, 5.74) is 2.71. The lowest BCUT2D eigenvalue weighted by atomic mass is 10.1. The van der Waals surface area contributed by atoms with Gasteiger partial charge < -0.3 is 10.1 Å². The highest BCUT2D eigenvalue weighted by Crippen LogP contribution is 2.18. The number of aliphatic carboxylic acids is 1. The van der Waals surface area contributed by atoms with E-state index in [2.05, 4.69) is 22.0 Å². The number of carboxylic acids is 1. The Bertz CT molecular complexity index is 1020. The van der Waals surface area contributed by atoms with Gasteiger partial charge >= 0.3 is 5.97 Å². The third-order valence-electron chi connectivity index (χ3n) is 4.56. The van der Waals surface area contributed by atoms with Crippen molar-refractivity contribution >= 4 is 11.5 Å². The molecule has 1 aromatic carbocycles. The summed E-state index contributed by atoms with van der Waals surface area (Å²) in [6.45, 7) is 4.09. The molecule has 27 heavy (non-hydrogen) atoms. The molecule has 0 bridgehead atoms. The van der Waals surface area contributed by atoms with Gasteiger partial charge in [0.05, 0.1) is 5.69 Å². The number of H-pyrrole nitrogens is 1. The van der Waals surface area contributed by atoms with Crippen LogP contribution >= 0.6 is 0 Å². The van der Waals surface area contributed by atoms with Crippen molar-refractivity contribution in [1.29, 1.82) is 0 Å². The second-order valence-electron chi connectivity index (χ2n) is 6.59. The third-order valence-corrected chi connectivity index (χ3v) is 4.56. The predicted molar refractivity (Wildman–Crippen MR) is 103 cm³/mol. The van der Waals surface area contributed by atoms with Crippen molar-refractivity contribution in [3.63, 3.8) is 0 Å². The first-order valence-corrected chi connectivity index (χ1v) is 9.35. The Kier molecular flexibility index (Phi) is 5.69. The first-order valence-electron chi connectivity index (χ1n) is 9.35. The molecule has 2 N–H and O–H groups in total. The molecule has 0 saturated heterocycles. The van der Waals surface area contributed by atoms with Gasteiger partial charge in [0.1, 0.15) is 5.82 Å². The van der Waals surface area contributed by atoms with E-state index >= 15 is 0 Å². The summed E-state index contributed by atoms with van der Waals surface area (Å²) in [6.07, 6.45) is 3.96. The van der Waals surface area contributed by atoms with Gasteiger partial charge in [-0.25, -0.2) is 9.50 Å². The molecule has 2 aromatic heterocycles. The van der Waals surface area contributed by atoms with Gasteiger partial charge in [0.15, 0.2) is 11.3 Å². The minimum Gasteiger partial charge on any atom is -0.481 e. The van der Waals surface area contributed by atoms with Crippen LogP contribution in [0.15, 0.2) is 29.1 Å². The zero-order valence-corrected chi connectivity index (χ0v) is 15.7. The highest BCUT2D eigenvalue weighted by Gasteiger charge is 2.16. The molecule has 7 heteroatoms. The van der Waals surface area contributed by atoms with E-state index in [0.717, 1.165) is 41.9 Å². The fourth-order valence-corrected chi connectivity index (χ4v) is 3.13. The molecule has 2 heterocycles. The number of fused-ring (bicyclic) bond motifs is 1. The Hall–Kier alpha value is -2.96. The maximum atomic E-state index is 12.7. The Labute approximate surface area is 157 Å². The molecule has 3 aromatic rings. The topological polar surface area (TPSA) is 100 Å². The maximum Gasteiger partial charge on any atom is 0.303 e. The fraction of sp³-hybridized carbons (Fsp3) is 0.400. The van der Waals surface area contributed by atoms with Crippen LogP contribution in [0.25, 0.3) is 16.9 Å². The second-order valence-corrected chi connectivity index (χ2v) is 6.59. The summed E-state index contributed by atoms with van der Waals surface area (Å²) in [4.78, 5) is 31.0. The summed E-state index contributed by atoms with van der Waals surface area (Å²) in [5.74, 6) is 0.431. The Morgan fingerprint density at radius 3 is 2.78 bits per heavy atom. The summed E-state index contributed by atoms with van der Waals surface area (Å²) in [7, 11) is 0. The minimum atomic E-state index is -0.834. The number of imidazole rings is 1. The zero-order chi connectivity index (χ0) is 19.4. The molecular weight excluding hydrogens is 344 g/mol. The van der Waals surface area contributed by atoms with E-state index in [1.807, 2.05) is 31.2 Å². The van der Waals surface area contributed by atoms with E-state index in [-0.39, 0.29) is 12.0 Å². The van der Waals surface area contributed by atoms with Crippen LogP contribution in [0.3, 0.4) is 0 Å². The van der Waals surface area contributed by atoms with Crippen molar-refractivity contribution in [3.05, 3.63) is 51.7 Å². The number of unbranched alkanes of at least 4 members (excludes halogenated alkanes) is 1. The number of carboxylic acid groups (broad SMARTS) is 1. The number of aromatic amines is 1. The zero-order valence-electron chi connectivity index (χ0n) is 15.7. The van der Waals surface area contributed by atoms with Gasteiger partial charge in [-0.2, -0.15) is 0 Å². The number of nitrogens with zero attached hydrogens (tertiary/aromatic N) is 3. The van der Waals surface area contributed by atoms with Crippen LogP contribution in [0.2, 0.25) is 0 Å². The molecule has 0 aliphatic carbocycles. The highest BCUT2D eigenvalue weighted by atomic mass is 16.4. The van der Waals surface area contributed by atoms with Crippen molar-refractivity contribution in [1.82, 2.24) is 19.6 Å². The standard InChI is InChI=1S/C20H24N4O3/c1-3-5-9-16-21-15(4-2)18-20(27)22-19(23-24(16)18)14-8-6-7-13(12-14)10-11-17(25)26/h6-8,12H,3-5,9-11H2,1-2H3,(H,25,26)(H,22,23,27). The summed E-state index contributed by atoms with van der Waals surface area (Å²) >= 11 is 0. The number of aryl methyl sites for hydroxylation is 3. The molecule has 0 unspecified atom stereocenters. The lowest BCUT2D eigenvalue weighted by Crippen LogP contribution is -2.16. The first-order chi connectivity index (χ1) is 13.0. The van der Waals surface area contributed by atoms with Gasteiger partial charge in [-0.05, 0) is 30.9 Å². The molecule has 0 aliphatic heterocycles. The highest BCUT2D eigenvalue weighted by molar-refractivity contribution is 5.67. The van der Waals surface area contributed by atoms with Crippen LogP contribution in [0.1, 0.15) is 50.2 Å². The Morgan fingerprint density at radius 2 is 2.07 bits per heavy atom. The fourth-order valence-electron chi connectivity index (χ4n) is 3.13. The Morgan fingerprint density at radius 1 is 1.26 bits per heavy atom. The molecule has 0 aliphatic rings. The second kappa shape index (κ2) is 8.16. The summed E-state index contributed by atoms with van der Waals surface area (Å²) in [5, 5.41) is 13.5. The van der Waals surface area contributed by atoms with E-state index < -0.39 is 5.97 Å². The van der Waals surface area contributed by atoms with Crippen LogP contribution in [-0.4, -0.2) is 30.7 Å². The minimum absolute atomic E-state index is 0.0645. The van der Waals surface area contributed by atoms with Crippen LogP contribution < -0.4 is 5.56 Å². The van der Waals surface area contributed by atoms with Crippen LogP contribution in [-0.2, 0) is 24.1 Å². The predicted octanol–water partition coefficient (Wildman–Crippen LogP) is 3.01. The van der Waals surface area contributed by atoms with Gasteiger partial charge in [0.2, 0.25) is 0 Å². The van der Waals surface area contributed by atoms with E-state index in [1.54, 1.807) is 4.52 Å². The van der Waals surface area contributed by atoms with E-state index in [9.17, 15) is 9.59 Å². The number of aromatic nitrogens is 4. The molecule has 142 valence electrons. The van der Waals surface area contributed by atoms with Gasteiger partial charge in [-0.15, -0.1) is 5.10 Å². The summed E-state index contributed by atoms with van der Waals surface area (Å²) in [6, 6.07) is 7.45. The number of nitrogens with one attached hydrogen (secondary N) is 1. The maximum absolute atomic E-state index is 12.7. The molecule has 0 fully saturated rings. The van der Waals surface area contributed by atoms with Crippen molar-refractivity contribution in [2.45, 2.75) is 52.4 Å². The van der Waals surface area contributed by atoms with Crippen molar-refractivity contribution in [2.75, 3.05) is 0 Å². The van der Waals surface area contributed by atoms with Crippen LogP contribution in [0.5, 0.6) is 0 Å². The SMILES string of the molecule is CCCCc1nc(CC)c2c(=O)[nH]c(-c3cccc(CCC(=O)O)c3)nn12. The largest absolute Gasteiger partial charge is 0.481 e. The third kappa shape index (κ3) is 4.07. The van der Waals surface area contributed by atoms with Gasteiger partial charge in [0, 0.05) is 18.4 Å². The van der Waals surface area contributed by atoms with Gasteiger partial charge in [-0.1, -0.05) is 38.5 Å². The average Bonchev–Trinajstić information content (AvgIpc) is 3.03. The number of carbonyl (C=O) groups is 1. The lowest BCUT2D eigenvalue weighted by Gasteiger charge is -2.06. The molecular formula is C20H24N4O3. The van der Waals surface area contributed by atoms with Crippen LogP contribution in [0, 0.1) is 0 Å². The number of hydrogen-bond donors (Lipinski definition) is 2. The van der Waals surface area contributed by atoms with Crippen LogP contribution in [0.4, 0.5) is 0 Å². The number of rotatable bonds is 8. The molecule has 0 saturated carbocycles.